The molecule has 2 fully saturated rings. The number of morpholine rings is 1. The van der Waals surface area contributed by atoms with Crippen LogP contribution in [0.1, 0.15) is 45.4 Å². The molecule has 5 nitrogen and oxygen atoms in total. The zero-order valence-electron chi connectivity index (χ0n) is 13.1. The minimum atomic E-state index is -0.796. The molecule has 0 radical (unpaired) electrons. The molecule has 2 aliphatic rings. The van der Waals surface area contributed by atoms with E-state index < -0.39 is 5.41 Å². The lowest BCUT2D eigenvalue weighted by Crippen LogP contribution is -2.49. The number of rotatable bonds is 4. The van der Waals surface area contributed by atoms with Crippen molar-refractivity contribution in [2.45, 2.75) is 51.5 Å². The van der Waals surface area contributed by atoms with Gasteiger partial charge in [0.1, 0.15) is 5.41 Å². The van der Waals surface area contributed by atoms with Crippen molar-refractivity contribution >= 4 is 5.91 Å². The second-order valence-electron chi connectivity index (χ2n) is 6.40. The lowest BCUT2D eigenvalue weighted by atomic mass is 9.81. The van der Waals surface area contributed by atoms with Crippen LogP contribution in [0.25, 0.3) is 0 Å². The second kappa shape index (κ2) is 7.77. The molecule has 1 atom stereocenters. The lowest BCUT2D eigenvalue weighted by molar-refractivity contribution is -0.129. The van der Waals surface area contributed by atoms with E-state index in [9.17, 15) is 10.1 Å². The summed E-state index contributed by atoms with van der Waals surface area (Å²) in [7, 11) is 0. The van der Waals surface area contributed by atoms with Gasteiger partial charge in [-0.2, -0.15) is 5.26 Å². The predicted octanol–water partition coefficient (Wildman–Crippen LogP) is 1.69. The number of carbonyl (C=O) groups is 1. The Labute approximate surface area is 127 Å². The summed E-state index contributed by atoms with van der Waals surface area (Å²) in [6, 6.07) is 2.39. The zero-order valence-corrected chi connectivity index (χ0v) is 13.1. The van der Waals surface area contributed by atoms with Crippen LogP contribution in [-0.4, -0.2) is 49.7 Å². The van der Waals surface area contributed by atoms with Gasteiger partial charge in [0.2, 0.25) is 5.91 Å². The van der Waals surface area contributed by atoms with Crippen molar-refractivity contribution in [1.82, 2.24) is 10.2 Å². The SMILES string of the molecule is CC(CN1CCOCC1)NC(=O)C1(C#N)CCCCCC1. The van der Waals surface area contributed by atoms with Gasteiger partial charge in [0.25, 0.3) is 0 Å². The summed E-state index contributed by atoms with van der Waals surface area (Å²) in [6.07, 6.45) is 5.66. The van der Waals surface area contributed by atoms with E-state index in [2.05, 4.69) is 16.3 Å². The Bertz CT molecular complexity index is 377. The third-order valence-corrected chi connectivity index (χ3v) is 4.62. The fourth-order valence-corrected chi connectivity index (χ4v) is 3.30. The van der Waals surface area contributed by atoms with Crippen LogP contribution in [0.3, 0.4) is 0 Å². The van der Waals surface area contributed by atoms with E-state index in [0.29, 0.717) is 12.8 Å². The van der Waals surface area contributed by atoms with E-state index in [1.165, 1.54) is 0 Å². The highest BCUT2D eigenvalue weighted by Crippen LogP contribution is 2.34. The number of hydrogen-bond acceptors (Lipinski definition) is 4. The van der Waals surface area contributed by atoms with Crippen LogP contribution in [0.5, 0.6) is 0 Å². The number of nitrogens with one attached hydrogen (secondary N) is 1. The third-order valence-electron chi connectivity index (χ3n) is 4.62. The number of hydrogen-bond donors (Lipinski definition) is 1. The van der Waals surface area contributed by atoms with Crippen molar-refractivity contribution in [2.75, 3.05) is 32.8 Å². The number of amides is 1. The van der Waals surface area contributed by atoms with Crippen LogP contribution in [0.2, 0.25) is 0 Å². The Morgan fingerprint density at radius 1 is 1.29 bits per heavy atom. The zero-order chi connectivity index (χ0) is 15.1. The van der Waals surface area contributed by atoms with Gasteiger partial charge < -0.3 is 10.1 Å². The molecule has 1 saturated carbocycles. The van der Waals surface area contributed by atoms with Crippen molar-refractivity contribution in [3.63, 3.8) is 0 Å². The highest BCUT2D eigenvalue weighted by atomic mass is 16.5. The third kappa shape index (κ3) is 4.42. The largest absolute Gasteiger partial charge is 0.379 e. The van der Waals surface area contributed by atoms with Crippen LogP contribution in [0.4, 0.5) is 0 Å². The van der Waals surface area contributed by atoms with Gasteiger partial charge in [0.05, 0.1) is 19.3 Å². The van der Waals surface area contributed by atoms with E-state index in [0.717, 1.165) is 58.5 Å². The number of nitrogens with zero attached hydrogens (tertiary/aromatic N) is 2. The summed E-state index contributed by atoms with van der Waals surface area (Å²) >= 11 is 0. The molecule has 1 amide bonds. The molecule has 0 aromatic rings. The van der Waals surface area contributed by atoms with Gasteiger partial charge in [-0.15, -0.1) is 0 Å². The Hall–Kier alpha value is -1.12. The molecule has 1 aliphatic carbocycles. The monoisotopic (exact) mass is 293 g/mol. The standard InChI is InChI=1S/C16H27N3O2/c1-14(12-19-8-10-21-11-9-19)18-15(20)16(13-17)6-4-2-3-5-7-16/h14H,2-12H2,1H3,(H,18,20). The highest BCUT2D eigenvalue weighted by molar-refractivity contribution is 5.85. The van der Waals surface area contributed by atoms with Crippen molar-refractivity contribution in [2.24, 2.45) is 5.41 Å². The van der Waals surface area contributed by atoms with Gasteiger partial charge in [0, 0.05) is 25.7 Å². The first-order valence-electron chi connectivity index (χ1n) is 8.19. The minimum Gasteiger partial charge on any atom is -0.379 e. The fraction of sp³-hybridized carbons (Fsp3) is 0.875. The van der Waals surface area contributed by atoms with Crippen molar-refractivity contribution in [3.8, 4) is 6.07 Å². The van der Waals surface area contributed by atoms with Crippen LogP contribution < -0.4 is 5.32 Å². The Morgan fingerprint density at radius 3 is 2.48 bits per heavy atom. The summed E-state index contributed by atoms with van der Waals surface area (Å²) in [5.74, 6) is -0.0624. The molecule has 1 unspecified atom stereocenters. The van der Waals surface area contributed by atoms with Gasteiger partial charge in [-0.05, 0) is 19.8 Å². The second-order valence-corrected chi connectivity index (χ2v) is 6.40. The van der Waals surface area contributed by atoms with Crippen LogP contribution >= 0.6 is 0 Å². The molecule has 2 rings (SSSR count). The van der Waals surface area contributed by atoms with E-state index >= 15 is 0 Å². The van der Waals surface area contributed by atoms with Gasteiger partial charge in [-0.1, -0.05) is 25.7 Å². The van der Waals surface area contributed by atoms with Crippen molar-refractivity contribution in [3.05, 3.63) is 0 Å². The normalized spacial score (nSPS) is 24.6. The fourth-order valence-electron chi connectivity index (χ4n) is 3.30. The molecular weight excluding hydrogens is 266 g/mol. The van der Waals surface area contributed by atoms with Gasteiger partial charge in [0.15, 0.2) is 0 Å². The van der Waals surface area contributed by atoms with Crippen LogP contribution in [-0.2, 0) is 9.53 Å². The molecule has 0 aromatic carbocycles. The minimum absolute atomic E-state index is 0.0624. The van der Waals surface area contributed by atoms with Crippen LogP contribution in [0.15, 0.2) is 0 Å². The topological polar surface area (TPSA) is 65.4 Å². The highest BCUT2D eigenvalue weighted by Gasteiger charge is 2.39. The molecule has 5 heteroatoms. The summed E-state index contributed by atoms with van der Waals surface area (Å²) in [5, 5.41) is 12.6. The summed E-state index contributed by atoms with van der Waals surface area (Å²) < 4.78 is 5.33. The Morgan fingerprint density at radius 2 is 1.90 bits per heavy atom. The number of nitriles is 1. The lowest BCUT2D eigenvalue weighted by Gasteiger charge is -2.31. The van der Waals surface area contributed by atoms with Crippen molar-refractivity contribution in [1.29, 1.82) is 5.26 Å². The Balaban J connectivity index is 1.87. The first-order valence-corrected chi connectivity index (χ1v) is 8.19. The molecule has 1 N–H and O–H groups in total. The predicted molar refractivity (Wildman–Crippen MR) is 80.6 cm³/mol. The maximum atomic E-state index is 12.6. The van der Waals surface area contributed by atoms with Crippen molar-refractivity contribution < 1.29 is 9.53 Å². The van der Waals surface area contributed by atoms with Gasteiger partial charge in [-0.25, -0.2) is 0 Å². The van der Waals surface area contributed by atoms with Crippen LogP contribution in [0, 0.1) is 16.7 Å². The van der Waals surface area contributed by atoms with E-state index in [4.69, 9.17) is 4.74 Å². The molecule has 0 bridgehead atoms. The van der Waals surface area contributed by atoms with Gasteiger partial charge >= 0.3 is 0 Å². The maximum absolute atomic E-state index is 12.6. The molecule has 1 aliphatic heterocycles. The maximum Gasteiger partial charge on any atom is 0.240 e. The number of carbonyl (C=O) groups excluding carboxylic acids is 1. The summed E-state index contributed by atoms with van der Waals surface area (Å²) in [5.41, 5.74) is -0.796. The molecule has 21 heavy (non-hydrogen) atoms. The molecule has 1 saturated heterocycles. The van der Waals surface area contributed by atoms with E-state index in [-0.39, 0.29) is 11.9 Å². The number of ether oxygens (including phenoxy) is 1. The molecule has 0 aromatic heterocycles. The molecule has 118 valence electrons. The molecule has 0 spiro atoms. The first kappa shape index (κ1) is 16.3. The Kier molecular flexibility index (Phi) is 6.01. The summed E-state index contributed by atoms with van der Waals surface area (Å²) in [4.78, 5) is 14.9. The summed E-state index contributed by atoms with van der Waals surface area (Å²) in [6.45, 7) is 6.23. The average Bonchev–Trinajstić information content (AvgIpc) is 2.74. The smallest absolute Gasteiger partial charge is 0.240 e. The first-order chi connectivity index (χ1) is 10.2. The molecule has 1 heterocycles. The quantitative estimate of drug-likeness (QED) is 0.801. The van der Waals surface area contributed by atoms with E-state index in [1.54, 1.807) is 0 Å². The molecular formula is C16H27N3O2. The van der Waals surface area contributed by atoms with Gasteiger partial charge in [-0.3, -0.25) is 9.69 Å². The van der Waals surface area contributed by atoms with E-state index in [1.807, 2.05) is 6.92 Å². The average molecular weight is 293 g/mol.